The Morgan fingerprint density at radius 3 is 2.67 bits per heavy atom. The monoisotopic (exact) mass is 268 g/mol. The molecule has 0 heterocycles. The zero-order valence-corrected chi connectivity index (χ0v) is 13.0. The SMILES string of the molecule is CSC1CCCCC1NCCCCC(C)(C)C#N. The minimum Gasteiger partial charge on any atom is -0.313 e. The maximum atomic E-state index is 8.95. The van der Waals surface area contributed by atoms with Gasteiger partial charge in [-0.15, -0.1) is 0 Å². The van der Waals surface area contributed by atoms with Crippen molar-refractivity contribution in [2.45, 2.75) is 70.1 Å². The lowest BCUT2D eigenvalue weighted by atomic mass is 9.89. The average molecular weight is 268 g/mol. The van der Waals surface area contributed by atoms with E-state index in [2.05, 4.69) is 17.6 Å². The summed E-state index contributed by atoms with van der Waals surface area (Å²) >= 11 is 2.02. The third-order valence-electron chi connectivity index (χ3n) is 3.94. The number of nitriles is 1. The first-order valence-electron chi connectivity index (χ1n) is 7.26. The van der Waals surface area contributed by atoms with Gasteiger partial charge < -0.3 is 5.32 Å². The molecule has 0 spiro atoms. The summed E-state index contributed by atoms with van der Waals surface area (Å²) in [6, 6.07) is 3.09. The Balaban J connectivity index is 2.12. The van der Waals surface area contributed by atoms with Crippen molar-refractivity contribution in [3.63, 3.8) is 0 Å². The molecule has 18 heavy (non-hydrogen) atoms. The highest BCUT2D eigenvalue weighted by atomic mass is 32.2. The van der Waals surface area contributed by atoms with Gasteiger partial charge in [0, 0.05) is 11.3 Å². The van der Waals surface area contributed by atoms with Gasteiger partial charge in [0.1, 0.15) is 0 Å². The molecular formula is C15H28N2S. The Hall–Kier alpha value is -0.200. The number of thioether (sulfide) groups is 1. The van der Waals surface area contributed by atoms with Gasteiger partial charge in [-0.1, -0.05) is 19.3 Å². The maximum Gasteiger partial charge on any atom is 0.0683 e. The minimum absolute atomic E-state index is 0.146. The number of rotatable bonds is 7. The fraction of sp³-hybridized carbons (Fsp3) is 0.933. The normalized spacial score (nSPS) is 24.8. The molecule has 3 heteroatoms. The van der Waals surface area contributed by atoms with Gasteiger partial charge >= 0.3 is 0 Å². The first kappa shape index (κ1) is 15.9. The Labute approximate surface area is 117 Å². The van der Waals surface area contributed by atoms with Crippen molar-refractivity contribution in [1.29, 1.82) is 5.26 Å². The van der Waals surface area contributed by atoms with Crippen LogP contribution in [-0.2, 0) is 0 Å². The van der Waals surface area contributed by atoms with Crippen LogP contribution in [0.1, 0.15) is 58.8 Å². The lowest BCUT2D eigenvalue weighted by Crippen LogP contribution is -2.40. The van der Waals surface area contributed by atoms with E-state index >= 15 is 0 Å². The highest BCUT2D eigenvalue weighted by Crippen LogP contribution is 2.27. The smallest absolute Gasteiger partial charge is 0.0683 e. The van der Waals surface area contributed by atoms with Gasteiger partial charge in [0.2, 0.25) is 0 Å². The standard InChI is InChI=1S/C15H28N2S/c1-15(2,12-16)10-6-7-11-17-13-8-4-5-9-14(13)18-3/h13-14,17H,4-11H2,1-3H3. The van der Waals surface area contributed by atoms with E-state index in [1.54, 1.807) is 0 Å². The van der Waals surface area contributed by atoms with Crippen molar-refractivity contribution in [1.82, 2.24) is 5.32 Å². The molecule has 104 valence electrons. The molecule has 0 amide bonds. The summed E-state index contributed by atoms with van der Waals surface area (Å²) in [6.45, 7) is 5.18. The molecule has 2 atom stereocenters. The van der Waals surface area contributed by atoms with Crippen LogP contribution >= 0.6 is 11.8 Å². The summed E-state index contributed by atoms with van der Waals surface area (Å²) in [5.41, 5.74) is -0.146. The van der Waals surface area contributed by atoms with Crippen molar-refractivity contribution >= 4 is 11.8 Å². The van der Waals surface area contributed by atoms with E-state index in [1.807, 2.05) is 25.6 Å². The van der Waals surface area contributed by atoms with Crippen LogP contribution in [0.4, 0.5) is 0 Å². The van der Waals surface area contributed by atoms with Gasteiger partial charge in [-0.05, 0) is 52.3 Å². The molecule has 0 aromatic carbocycles. The van der Waals surface area contributed by atoms with E-state index < -0.39 is 0 Å². The molecule has 2 nitrogen and oxygen atoms in total. The summed E-state index contributed by atoms with van der Waals surface area (Å²) in [5.74, 6) is 0. The highest BCUT2D eigenvalue weighted by molar-refractivity contribution is 7.99. The summed E-state index contributed by atoms with van der Waals surface area (Å²) in [5, 5.41) is 13.5. The Morgan fingerprint density at radius 1 is 1.28 bits per heavy atom. The van der Waals surface area contributed by atoms with E-state index in [4.69, 9.17) is 5.26 Å². The molecule has 1 aliphatic rings. The number of unbranched alkanes of at least 4 members (excludes halogenated alkanes) is 1. The van der Waals surface area contributed by atoms with Crippen molar-refractivity contribution < 1.29 is 0 Å². The number of nitrogens with zero attached hydrogens (tertiary/aromatic N) is 1. The Kier molecular flexibility index (Phi) is 7.11. The van der Waals surface area contributed by atoms with Crippen molar-refractivity contribution in [2.24, 2.45) is 5.41 Å². The molecule has 0 saturated heterocycles. The van der Waals surface area contributed by atoms with Gasteiger partial charge in [-0.3, -0.25) is 0 Å². The van der Waals surface area contributed by atoms with Gasteiger partial charge in [0.25, 0.3) is 0 Å². The second kappa shape index (κ2) is 8.07. The molecule has 2 unspecified atom stereocenters. The lowest BCUT2D eigenvalue weighted by molar-refractivity contribution is 0.370. The average Bonchev–Trinajstić information content (AvgIpc) is 2.38. The van der Waals surface area contributed by atoms with Crippen LogP contribution in [0.2, 0.25) is 0 Å². The topological polar surface area (TPSA) is 35.8 Å². The van der Waals surface area contributed by atoms with Crippen molar-refractivity contribution in [3.8, 4) is 6.07 Å². The predicted octanol–water partition coefficient (Wildman–Crippen LogP) is 3.97. The summed E-state index contributed by atoms with van der Waals surface area (Å²) < 4.78 is 0. The minimum atomic E-state index is -0.146. The van der Waals surface area contributed by atoms with Crippen LogP contribution in [0, 0.1) is 16.7 Å². The second-order valence-electron chi connectivity index (χ2n) is 6.07. The zero-order chi connectivity index (χ0) is 13.4. The summed E-state index contributed by atoms with van der Waals surface area (Å²) in [6.07, 6.45) is 11.1. The molecule has 1 saturated carbocycles. The van der Waals surface area contributed by atoms with E-state index in [0.717, 1.165) is 30.7 Å². The fourth-order valence-electron chi connectivity index (χ4n) is 2.65. The fourth-order valence-corrected chi connectivity index (χ4v) is 3.61. The van der Waals surface area contributed by atoms with Crippen LogP contribution in [0.3, 0.4) is 0 Å². The zero-order valence-electron chi connectivity index (χ0n) is 12.2. The van der Waals surface area contributed by atoms with Gasteiger partial charge in [0.05, 0.1) is 11.5 Å². The first-order chi connectivity index (χ1) is 8.59. The highest BCUT2D eigenvalue weighted by Gasteiger charge is 2.23. The van der Waals surface area contributed by atoms with Crippen LogP contribution in [0.15, 0.2) is 0 Å². The quantitative estimate of drug-likeness (QED) is 0.710. The third-order valence-corrected chi connectivity index (χ3v) is 5.11. The molecular weight excluding hydrogens is 240 g/mol. The van der Waals surface area contributed by atoms with E-state index in [0.29, 0.717) is 0 Å². The molecule has 0 radical (unpaired) electrons. The number of nitrogens with one attached hydrogen (secondary N) is 1. The molecule has 1 aliphatic carbocycles. The van der Waals surface area contributed by atoms with Crippen LogP contribution in [-0.4, -0.2) is 24.1 Å². The molecule has 0 aromatic heterocycles. The van der Waals surface area contributed by atoms with Crippen molar-refractivity contribution in [2.75, 3.05) is 12.8 Å². The lowest BCUT2D eigenvalue weighted by Gasteiger charge is -2.31. The third kappa shape index (κ3) is 5.63. The molecule has 1 fully saturated rings. The molecule has 0 aromatic rings. The van der Waals surface area contributed by atoms with E-state index in [9.17, 15) is 0 Å². The van der Waals surface area contributed by atoms with Gasteiger partial charge in [0.15, 0.2) is 0 Å². The summed E-state index contributed by atoms with van der Waals surface area (Å²) in [4.78, 5) is 0. The predicted molar refractivity (Wildman–Crippen MR) is 80.8 cm³/mol. The van der Waals surface area contributed by atoms with Crippen LogP contribution < -0.4 is 5.32 Å². The molecule has 0 aliphatic heterocycles. The summed E-state index contributed by atoms with van der Waals surface area (Å²) in [7, 11) is 0. The number of hydrogen-bond donors (Lipinski definition) is 1. The Bertz CT molecular complexity index is 270. The largest absolute Gasteiger partial charge is 0.313 e. The Morgan fingerprint density at radius 2 is 2.00 bits per heavy atom. The molecule has 0 bridgehead atoms. The first-order valence-corrected chi connectivity index (χ1v) is 8.55. The molecule has 1 N–H and O–H groups in total. The second-order valence-corrected chi connectivity index (χ2v) is 7.15. The van der Waals surface area contributed by atoms with Crippen LogP contribution in [0.5, 0.6) is 0 Å². The molecule has 1 rings (SSSR count). The van der Waals surface area contributed by atoms with E-state index in [-0.39, 0.29) is 5.41 Å². The number of hydrogen-bond acceptors (Lipinski definition) is 3. The van der Waals surface area contributed by atoms with E-state index in [1.165, 1.54) is 32.1 Å². The van der Waals surface area contributed by atoms with Crippen LogP contribution in [0.25, 0.3) is 0 Å². The van der Waals surface area contributed by atoms with Gasteiger partial charge in [-0.25, -0.2) is 0 Å². The van der Waals surface area contributed by atoms with Gasteiger partial charge in [-0.2, -0.15) is 17.0 Å². The maximum absolute atomic E-state index is 8.95. The van der Waals surface area contributed by atoms with Crippen molar-refractivity contribution in [3.05, 3.63) is 0 Å².